The quantitative estimate of drug-likeness (QED) is 0.296. The van der Waals surface area contributed by atoms with E-state index in [2.05, 4.69) is 10.1 Å². The Bertz CT molecular complexity index is 1210. The third kappa shape index (κ3) is 6.16. The average molecular weight is 544 g/mol. The molecule has 37 heavy (non-hydrogen) atoms. The molecule has 5 atom stereocenters. The standard InChI is InChI=1S/C22H27F2N4O8P/c1-13(19(30)34-14-8-5-9-14)27-37(32,36-15-6-3-2-4-7-15)33-12-16-18(29)22(23,24)20(35-16)28-11-10-17(25)26-21(28)31/h2-4,6-7,10-11,13-14,16,18,20,29H,5,8-9,12H2,1H3,(H,27,32)(H2,25,26,31)/t13-,16+,18+,20+,37?/m0/s1. The first-order valence-electron chi connectivity index (χ1n) is 11.5. The van der Waals surface area contributed by atoms with Gasteiger partial charge in [0.15, 0.2) is 6.10 Å². The lowest BCUT2D eigenvalue weighted by Crippen LogP contribution is -2.42. The minimum atomic E-state index is -4.40. The summed E-state index contributed by atoms with van der Waals surface area (Å²) in [7, 11) is -4.40. The predicted molar refractivity (Wildman–Crippen MR) is 125 cm³/mol. The first-order valence-corrected chi connectivity index (χ1v) is 13.1. The van der Waals surface area contributed by atoms with E-state index in [0.29, 0.717) is 4.57 Å². The van der Waals surface area contributed by atoms with Gasteiger partial charge in [0.1, 0.15) is 29.8 Å². The Balaban J connectivity index is 1.49. The molecule has 0 bridgehead atoms. The van der Waals surface area contributed by atoms with Gasteiger partial charge in [-0.05, 0) is 44.4 Å². The number of nitrogens with one attached hydrogen (secondary N) is 1. The van der Waals surface area contributed by atoms with Crippen LogP contribution in [0, 0.1) is 0 Å². The first-order chi connectivity index (χ1) is 17.5. The van der Waals surface area contributed by atoms with Gasteiger partial charge in [-0.3, -0.25) is 13.9 Å². The highest BCUT2D eigenvalue weighted by atomic mass is 31.2. The molecule has 2 fully saturated rings. The number of nitrogens with zero attached hydrogens (tertiary/aromatic N) is 2. The number of aromatic nitrogens is 2. The molecule has 4 N–H and O–H groups in total. The second-order valence-corrected chi connectivity index (χ2v) is 10.4. The molecule has 202 valence electrons. The summed E-state index contributed by atoms with van der Waals surface area (Å²) in [5.74, 6) is -4.71. The van der Waals surface area contributed by atoms with Crippen LogP contribution in [-0.4, -0.2) is 57.5 Å². The van der Waals surface area contributed by atoms with Crippen LogP contribution < -0.4 is 21.0 Å². The lowest BCUT2D eigenvalue weighted by Gasteiger charge is -2.28. The molecule has 1 saturated carbocycles. The Morgan fingerprint density at radius 2 is 2.05 bits per heavy atom. The van der Waals surface area contributed by atoms with Crippen LogP contribution in [0.3, 0.4) is 0 Å². The number of anilines is 1. The van der Waals surface area contributed by atoms with Crippen molar-refractivity contribution in [3.05, 3.63) is 53.1 Å². The number of hydrogen-bond acceptors (Lipinski definition) is 10. The summed E-state index contributed by atoms with van der Waals surface area (Å²) in [4.78, 5) is 27.9. The van der Waals surface area contributed by atoms with Crippen molar-refractivity contribution in [2.24, 2.45) is 0 Å². The van der Waals surface area contributed by atoms with Crippen molar-refractivity contribution < 1.29 is 41.8 Å². The van der Waals surface area contributed by atoms with E-state index in [4.69, 9.17) is 24.3 Å². The Hall–Kier alpha value is -2.90. The highest BCUT2D eigenvalue weighted by Gasteiger charge is 2.60. The van der Waals surface area contributed by atoms with Crippen molar-refractivity contribution in [3.63, 3.8) is 0 Å². The van der Waals surface area contributed by atoms with Crippen molar-refractivity contribution in [2.45, 2.75) is 62.7 Å². The molecule has 0 amide bonds. The molecule has 15 heteroatoms. The fourth-order valence-electron chi connectivity index (χ4n) is 3.64. The van der Waals surface area contributed by atoms with Crippen molar-refractivity contribution in [1.29, 1.82) is 0 Å². The van der Waals surface area contributed by atoms with Crippen molar-refractivity contribution in [2.75, 3.05) is 12.3 Å². The summed E-state index contributed by atoms with van der Waals surface area (Å²) >= 11 is 0. The van der Waals surface area contributed by atoms with E-state index in [0.717, 1.165) is 31.5 Å². The second kappa shape index (κ2) is 10.8. The molecular formula is C22H27F2N4O8P. The van der Waals surface area contributed by atoms with Gasteiger partial charge in [0.2, 0.25) is 6.23 Å². The Morgan fingerprint density at radius 3 is 2.68 bits per heavy atom. The number of aliphatic hydroxyl groups is 1. The smallest absolute Gasteiger partial charge is 0.459 e. The van der Waals surface area contributed by atoms with Gasteiger partial charge in [-0.15, -0.1) is 0 Å². The van der Waals surface area contributed by atoms with Crippen LogP contribution >= 0.6 is 7.75 Å². The third-order valence-corrected chi connectivity index (χ3v) is 7.55. The van der Waals surface area contributed by atoms with Gasteiger partial charge in [-0.1, -0.05) is 18.2 Å². The third-order valence-electron chi connectivity index (χ3n) is 5.90. The average Bonchev–Trinajstić information content (AvgIpc) is 3.04. The van der Waals surface area contributed by atoms with Crippen LogP contribution in [0.5, 0.6) is 5.75 Å². The molecular weight excluding hydrogens is 517 g/mol. The van der Waals surface area contributed by atoms with Crippen LogP contribution in [0.25, 0.3) is 0 Å². The van der Waals surface area contributed by atoms with E-state index in [1.165, 1.54) is 19.1 Å². The summed E-state index contributed by atoms with van der Waals surface area (Å²) in [6, 6.07) is 7.80. The zero-order valence-electron chi connectivity index (χ0n) is 19.7. The number of benzene rings is 1. The molecule has 1 unspecified atom stereocenters. The van der Waals surface area contributed by atoms with E-state index >= 15 is 0 Å². The fourth-order valence-corrected chi connectivity index (χ4v) is 5.14. The number of carbonyl (C=O) groups excluding carboxylic acids is 1. The number of ether oxygens (including phenoxy) is 2. The van der Waals surface area contributed by atoms with Crippen LogP contribution in [0.1, 0.15) is 32.4 Å². The number of esters is 1. The van der Waals surface area contributed by atoms with Crippen molar-refractivity contribution in [3.8, 4) is 5.75 Å². The molecule has 4 rings (SSSR count). The Morgan fingerprint density at radius 1 is 1.35 bits per heavy atom. The van der Waals surface area contributed by atoms with Crippen LogP contribution in [0.15, 0.2) is 47.4 Å². The molecule has 12 nitrogen and oxygen atoms in total. The maximum atomic E-state index is 14.8. The number of para-hydroxylation sites is 1. The lowest BCUT2D eigenvalue weighted by molar-refractivity contribution is -0.154. The summed E-state index contributed by atoms with van der Waals surface area (Å²) in [5.41, 5.74) is 4.28. The van der Waals surface area contributed by atoms with Gasteiger partial charge < -0.3 is 24.8 Å². The van der Waals surface area contributed by atoms with Gasteiger partial charge in [0, 0.05) is 6.20 Å². The van der Waals surface area contributed by atoms with Gasteiger partial charge in [0.25, 0.3) is 0 Å². The zero-order chi connectivity index (χ0) is 26.8. The van der Waals surface area contributed by atoms with Crippen LogP contribution in [-0.2, 0) is 23.4 Å². The molecule has 1 saturated heterocycles. The lowest BCUT2D eigenvalue weighted by atomic mass is 9.96. The van der Waals surface area contributed by atoms with E-state index in [1.54, 1.807) is 18.2 Å². The summed E-state index contributed by atoms with van der Waals surface area (Å²) in [5, 5.41) is 12.7. The van der Waals surface area contributed by atoms with E-state index < -0.39 is 56.4 Å². The fraction of sp³-hybridized carbons (Fsp3) is 0.500. The first kappa shape index (κ1) is 27.1. The van der Waals surface area contributed by atoms with Crippen molar-refractivity contribution >= 4 is 19.5 Å². The maximum Gasteiger partial charge on any atom is 0.459 e. The van der Waals surface area contributed by atoms with E-state index in [9.17, 15) is 28.0 Å². The summed E-state index contributed by atoms with van der Waals surface area (Å²) in [6.07, 6.45) is -3.26. The molecule has 1 aliphatic heterocycles. The van der Waals surface area contributed by atoms with Gasteiger partial charge >= 0.3 is 25.3 Å². The molecule has 2 aromatic rings. The summed E-state index contributed by atoms with van der Waals surface area (Å²) in [6.45, 7) is 0.545. The molecule has 0 radical (unpaired) electrons. The topological polar surface area (TPSA) is 164 Å². The van der Waals surface area contributed by atoms with Gasteiger partial charge in [-0.2, -0.15) is 18.9 Å². The Labute approximate surface area is 210 Å². The van der Waals surface area contributed by atoms with E-state index in [1.807, 2.05) is 0 Å². The van der Waals surface area contributed by atoms with E-state index in [-0.39, 0.29) is 17.7 Å². The second-order valence-electron chi connectivity index (χ2n) is 8.73. The number of halogens is 2. The van der Waals surface area contributed by atoms with Gasteiger partial charge in [0.05, 0.1) is 6.61 Å². The number of nitrogens with two attached hydrogens (primary N) is 1. The monoisotopic (exact) mass is 544 g/mol. The van der Waals surface area contributed by atoms with Crippen LogP contribution in [0.2, 0.25) is 0 Å². The number of hydrogen-bond donors (Lipinski definition) is 3. The Kier molecular flexibility index (Phi) is 7.95. The minimum Gasteiger partial charge on any atom is -0.461 e. The largest absolute Gasteiger partial charge is 0.461 e. The molecule has 1 aromatic heterocycles. The number of aliphatic hydroxyl groups excluding tert-OH is 1. The number of rotatable bonds is 10. The molecule has 2 aliphatic rings. The number of nitrogen functional groups attached to an aromatic ring is 1. The summed E-state index contributed by atoms with van der Waals surface area (Å²) < 4.78 is 65.1. The minimum absolute atomic E-state index is 0.105. The van der Waals surface area contributed by atoms with Gasteiger partial charge in [-0.25, -0.2) is 9.36 Å². The van der Waals surface area contributed by atoms with Crippen molar-refractivity contribution in [1.82, 2.24) is 14.6 Å². The molecule has 0 spiro atoms. The maximum absolute atomic E-state index is 14.8. The number of alkyl halides is 2. The zero-order valence-corrected chi connectivity index (χ0v) is 20.6. The SMILES string of the molecule is C[C@H](NP(=O)(OC[C@H]1O[C@@H](n2ccc(N)nc2=O)C(F)(F)[C@@H]1O)Oc1ccccc1)C(=O)OC1CCC1. The molecule has 1 aromatic carbocycles. The molecule has 1 aliphatic carbocycles. The molecule has 2 heterocycles. The normalized spacial score (nSPS) is 25.6. The highest BCUT2D eigenvalue weighted by molar-refractivity contribution is 7.52. The van der Waals surface area contributed by atoms with Crippen LogP contribution in [0.4, 0.5) is 14.6 Å². The number of carbonyl (C=O) groups is 1. The highest BCUT2D eigenvalue weighted by Crippen LogP contribution is 2.48. The predicted octanol–water partition coefficient (Wildman–Crippen LogP) is 2.00.